The highest BCUT2D eigenvalue weighted by molar-refractivity contribution is 14.1. The van der Waals surface area contributed by atoms with E-state index in [0.717, 1.165) is 9.26 Å². The molecule has 4 heteroatoms. The van der Waals surface area contributed by atoms with E-state index in [0.29, 0.717) is 6.42 Å². The van der Waals surface area contributed by atoms with Crippen molar-refractivity contribution in [1.82, 2.24) is 0 Å². The predicted octanol–water partition coefficient (Wildman–Crippen LogP) is 3.51. The molecule has 1 aliphatic carbocycles. The number of anilines is 1. The number of nitrogens with zero attached hydrogens (tertiary/aromatic N) is 1. The van der Waals surface area contributed by atoms with E-state index in [4.69, 9.17) is 0 Å². The molecular weight excluding hydrogens is 365 g/mol. The molecule has 0 aromatic heterocycles. The minimum absolute atomic E-state index is 0.0136. The van der Waals surface area contributed by atoms with E-state index in [1.807, 2.05) is 45.2 Å². The zero-order chi connectivity index (χ0) is 15.1. The Morgan fingerprint density at radius 3 is 2.35 bits per heavy atom. The summed E-state index contributed by atoms with van der Waals surface area (Å²) in [5.41, 5.74) is 0.692. The third-order valence-electron chi connectivity index (χ3n) is 4.60. The summed E-state index contributed by atoms with van der Waals surface area (Å²) in [6.07, 6.45) is 0.676. The van der Waals surface area contributed by atoms with Crippen LogP contribution in [-0.2, 0) is 9.59 Å². The van der Waals surface area contributed by atoms with Crippen molar-refractivity contribution >= 4 is 40.0 Å². The van der Waals surface area contributed by atoms with E-state index in [1.54, 1.807) is 11.8 Å². The summed E-state index contributed by atoms with van der Waals surface area (Å²) in [7, 11) is 1.82. The SMILES string of the molecule is CC(=O)[C@H]1C[C@H](C(=O)N(C)c2ccccc2I)C1(C)C. The topological polar surface area (TPSA) is 37.4 Å². The summed E-state index contributed by atoms with van der Waals surface area (Å²) >= 11 is 2.24. The van der Waals surface area contributed by atoms with Gasteiger partial charge in [0.25, 0.3) is 0 Å². The van der Waals surface area contributed by atoms with E-state index >= 15 is 0 Å². The fraction of sp³-hybridized carbons (Fsp3) is 0.500. The zero-order valence-electron chi connectivity index (χ0n) is 12.3. The van der Waals surface area contributed by atoms with Gasteiger partial charge in [-0.3, -0.25) is 9.59 Å². The Hall–Kier alpha value is -0.910. The number of hydrogen-bond donors (Lipinski definition) is 0. The number of ketones is 1. The third-order valence-corrected chi connectivity index (χ3v) is 5.51. The molecule has 0 bridgehead atoms. The Morgan fingerprint density at radius 1 is 1.25 bits per heavy atom. The van der Waals surface area contributed by atoms with Gasteiger partial charge in [-0.05, 0) is 53.5 Å². The molecule has 3 nitrogen and oxygen atoms in total. The van der Waals surface area contributed by atoms with Crippen LogP contribution in [0.25, 0.3) is 0 Å². The van der Waals surface area contributed by atoms with E-state index in [1.165, 1.54) is 0 Å². The predicted molar refractivity (Wildman–Crippen MR) is 88.6 cm³/mol. The van der Waals surface area contributed by atoms with Crippen LogP contribution in [0.15, 0.2) is 24.3 Å². The van der Waals surface area contributed by atoms with Crippen LogP contribution in [0.2, 0.25) is 0 Å². The summed E-state index contributed by atoms with van der Waals surface area (Å²) in [6, 6.07) is 7.84. The Labute approximate surface area is 133 Å². The lowest BCUT2D eigenvalue weighted by atomic mass is 9.53. The fourth-order valence-corrected chi connectivity index (χ4v) is 3.86. The monoisotopic (exact) mass is 385 g/mol. The van der Waals surface area contributed by atoms with E-state index < -0.39 is 0 Å². The van der Waals surface area contributed by atoms with Crippen molar-refractivity contribution in [1.29, 1.82) is 0 Å². The third kappa shape index (κ3) is 2.50. The number of amides is 1. The van der Waals surface area contributed by atoms with Gasteiger partial charge in [0, 0.05) is 22.5 Å². The van der Waals surface area contributed by atoms with Gasteiger partial charge in [-0.1, -0.05) is 26.0 Å². The first-order valence-corrected chi connectivity index (χ1v) is 7.87. The molecule has 0 unspecified atom stereocenters. The van der Waals surface area contributed by atoms with Gasteiger partial charge in [-0.15, -0.1) is 0 Å². The first-order chi connectivity index (χ1) is 9.26. The number of hydrogen-bond acceptors (Lipinski definition) is 2. The average Bonchev–Trinajstić information content (AvgIpc) is 2.36. The minimum Gasteiger partial charge on any atom is -0.314 e. The number of benzene rings is 1. The first kappa shape index (κ1) is 15.5. The summed E-state index contributed by atoms with van der Waals surface area (Å²) in [5.74, 6) is 0.240. The first-order valence-electron chi connectivity index (χ1n) is 6.79. The van der Waals surface area contributed by atoms with Crippen molar-refractivity contribution in [3.63, 3.8) is 0 Å². The molecule has 1 aromatic rings. The second-order valence-corrected chi connectivity index (χ2v) is 7.28. The molecule has 0 saturated heterocycles. The molecular formula is C16H20INO2. The molecule has 0 spiro atoms. The van der Waals surface area contributed by atoms with Crippen molar-refractivity contribution in [2.45, 2.75) is 27.2 Å². The zero-order valence-corrected chi connectivity index (χ0v) is 14.5. The van der Waals surface area contributed by atoms with Crippen LogP contribution >= 0.6 is 22.6 Å². The normalized spacial score (nSPS) is 23.9. The molecule has 0 heterocycles. The summed E-state index contributed by atoms with van der Waals surface area (Å²) in [4.78, 5) is 26.0. The highest BCUT2D eigenvalue weighted by atomic mass is 127. The number of halogens is 1. The van der Waals surface area contributed by atoms with Gasteiger partial charge in [0.05, 0.1) is 5.69 Å². The highest BCUT2D eigenvalue weighted by Crippen LogP contribution is 2.52. The van der Waals surface area contributed by atoms with Crippen molar-refractivity contribution in [2.75, 3.05) is 11.9 Å². The number of Topliss-reactive ketones (excluding diaryl/α,β-unsaturated/α-hetero) is 1. The van der Waals surface area contributed by atoms with Crippen LogP contribution in [0.3, 0.4) is 0 Å². The summed E-state index contributed by atoms with van der Waals surface area (Å²) < 4.78 is 1.06. The Bertz CT molecular complexity index is 553. The van der Waals surface area contributed by atoms with E-state index in [-0.39, 0.29) is 28.9 Å². The molecule has 0 N–H and O–H groups in total. The molecule has 1 amide bonds. The van der Waals surface area contributed by atoms with Gasteiger partial charge in [-0.25, -0.2) is 0 Å². The lowest BCUT2D eigenvalue weighted by molar-refractivity contribution is -0.146. The van der Waals surface area contributed by atoms with Crippen molar-refractivity contribution in [3.05, 3.63) is 27.8 Å². The Morgan fingerprint density at radius 2 is 1.85 bits per heavy atom. The van der Waals surface area contributed by atoms with Crippen molar-refractivity contribution < 1.29 is 9.59 Å². The average molecular weight is 385 g/mol. The molecule has 2 rings (SSSR count). The highest BCUT2D eigenvalue weighted by Gasteiger charge is 2.54. The van der Waals surface area contributed by atoms with Gasteiger partial charge < -0.3 is 4.90 Å². The van der Waals surface area contributed by atoms with Crippen LogP contribution < -0.4 is 4.90 Å². The number of carbonyl (C=O) groups excluding carboxylic acids is 2. The molecule has 1 fully saturated rings. The lowest BCUT2D eigenvalue weighted by Crippen LogP contribution is -2.55. The van der Waals surface area contributed by atoms with Crippen molar-refractivity contribution in [2.24, 2.45) is 17.3 Å². The van der Waals surface area contributed by atoms with Crippen LogP contribution in [0.4, 0.5) is 5.69 Å². The number of carbonyl (C=O) groups is 2. The summed E-state index contributed by atoms with van der Waals surface area (Å²) in [5, 5.41) is 0. The van der Waals surface area contributed by atoms with Crippen LogP contribution in [0.5, 0.6) is 0 Å². The molecule has 1 aromatic carbocycles. The fourth-order valence-electron chi connectivity index (χ4n) is 3.11. The molecule has 20 heavy (non-hydrogen) atoms. The van der Waals surface area contributed by atoms with Gasteiger partial charge >= 0.3 is 0 Å². The van der Waals surface area contributed by atoms with E-state index in [2.05, 4.69) is 22.6 Å². The minimum atomic E-state index is -0.239. The number of para-hydroxylation sites is 1. The smallest absolute Gasteiger partial charge is 0.230 e. The van der Waals surface area contributed by atoms with Gasteiger partial charge in [0.2, 0.25) is 5.91 Å². The lowest BCUT2D eigenvalue weighted by Gasteiger charge is -2.50. The van der Waals surface area contributed by atoms with Gasteiger partial charge in [0.1, 0.15) is 5.78 Å². The van der Waals surface area contributed by atoms with Gasteiger partial charge in [0.15, 0.2) is 0 Å². The van der Waals surface area contributed by atoms with E-state index in [9.17, 15) is 9.59 Å². The van der Waals surface area contributed by atoms with Crippen LogP contribution in [0.1, 0.15) is 27.2 Å². The molecule has 1 aliphatic rings. The second kappa shape index (κ2) is 5.47. The molecule has 108 valence electrons. The van der Waals surface area contributed by atoms with Gasteiger partial charge in [-0.2, -0.15) is 0 Å². The molecule has 0 aliphatic heterocycles. The largest absolute Gasteiger partial charge is 0.314 e. The summed E-state index contributed by atoms with van der Waals surface area (Å²) in [6.45, 7) is 5.67. The standard InChI is InChI=1S/C16H20INO2/c1-10(19)11-9-12(16(11,2)3)15(20)18(4)14-8-6-5-7-13(14)17/h5-8,11-12H,9H2,1-4H3/t11-,12-/m1/s1. The van der Waals surface area contributed by atoms with Crippen molar-refractivity contribution in [3.8, 4) is 0 Å². The maximum atomic E-state index is 12.7. The van der Waals surface area contributed by atoms with Crippen LogP contribution in [-0.4, -0.2) is 18.7 Å². The molecule has 2 atom stereocenters. The molecule has 0 radical (unpaired) electrons. The number of rotatable bonds is 3. The Kier molecular flexibility index (Phi) is 4.23. The Balaban J connectivity index is 2.18. The molecule has 1 saturated carbocycles. The second-order valence-electron chi connectivity index (χ2n) is 6.12. The van der Waals surface area contributed by atoms with Crippen LogP contribution in [0, 0.1) is 20.8 Å². The maximum Gasteiger partial charge on any atom is 0.230 e. The quantitative estimate of drug-likeness (QED) is 0.747. The maximum absolute atomic E-state index is 12.7.